The summed E-state index contributed by atoms with van der Waals surface area (Å²) in [5, 5.41) is 5.52. The molecule has 0 atom stereocenters. The van der Waals surface area contributed by atoms with E-state index in [0.717, 1.165) is 88.2 Å². The number of hydrogen-bond donors (Lipinski definition) is 0. The Balaban J connectivity index is 1.04. The molecule has 0 aliphatic rings. The lowest BCUT2D eigenvalue weighted by molar-refractivity contribution is 1.08. The predicted molar refractivity (Wildman–Crippen MR) is 224 cm³/mol. The summed E-state index contributed by atoms with van der Waals surface area (Å²) in [6.07, 6.45) is 2.06. The van der Waals surface area contributed by atoms with Crippen LogP contribution in [0.15, 0.2) is 182 Å². The Morgan fingerprint density at radius 3 is 1.65 bits per heavy atom. The monoisotopic (exact) mass is 702 g/mol. The standard InChI is InChI=1S/C49H30N6/c1-3-18-37-32(12-1)14-10-21-39(37)48-52-47(53-49(54-48)40-22-11-15-33-13-2-4-19-38(33)40)36-17-9-16-35(30-36)31-25-27-34(28-26-31)44-46-45(41-20-5-6-23-42(41)50-44)51-43-24-7-8-29-55(43)46/h1-30H. The van der Waals surface area contributed by atoms with Crippen LogP contribution in [0.25, 0.3) is 106 Å². The van der Waals surface area contributed by atoms with Gasteiger partial charge in [-0.25, -0.2) is 24.9 Å². The molecule has 0 saturated heterocycles. The van der Waals surface area contributed by atoms with Crippen molar-refractivity contribution in [3.05, 3.63) is 182 Å². The summed E-state index contributed by atoms with van der Waals surface area (Å²) in [6, 6.07) is 60.7. The molecule has 11 aromatic rings. The summed E-state index contributed by atoms with van der Waals surface area (Å²) in [7, 11) is 0. The molecule has 0 aliphatic carbocycles. The highest BCUT2D eigenvalue weighted by Crippen LogP contribution is 2.36. The second-order valence-electron chi connectivity index (χ2n) is 13.7. The maximum Gasteiger partial charge on any atom is 0.164 e. The van der Waals surface area contributed by atoms with Crippen molar-refractivity contribution in [2.75, 3.05) is 0 Å². The summed E-state index contributed by atoms with van der Waals surface area (Å²) in [5.41, 5.74) is 10.7. The van der Waals surface area contributed by atoms with E-state index in [0.29, 0.717) is 17.5 Å². The van der Waals surface area contributed by atoms with Gasteiger partial charge in [-0.2, -0.15) is 0 Å². The van der Waals surface area contributed by atoms with Crippen molar-refractivity contribution in [2.45, 2.75) is 0 Å². The average Bonchev–Trinajstić information content (AvgIpc) is 3.66. The molecule has 0 radical (unpaired) electrons. The minimum Gasteiger partial charge on any atom is -0.298 e. The van der Waals surface area contributed by atoms with E-state index < -0.39 is 0 Å². The van der Waals surface area contributed by atoms with Crippen LogP contribution in [-0.2, 0) is 0 Å². The van der Waals surface area contributed by atoms with Gasteiger partial charge in [0.25, 0.3) is 0 Å². The molecule has 0 unspecified atom stereocenters. The van der Waals surface area contributed by atoms with Gasteiger partial charge in [0.05, 0.1) is 16.7 Å². The fourth-order valence-electron chi connectivity index (χ4n) is 7.80. The van der Waals surface area contributed by atoms with E-state index in [1.165, 1.54) is 0 Å². The minimum atomic E-state index is 0.620. The lowest BCUT2D eigenvalue weighted by Gasteiger charge is -2.12. The first-order chi connectivity index (χ1) is 27.2. The zero-order valence-electron chi connectivity index (χ0n) is 29.5. The van der Waals surface area contributed by atoms with E-state index in [4.69, 9.17) is 24.9 Å². The highest BCUT2D eigenvalue weighted by atomic mass is 15.0. The number of hydrogen-bond acceptors (Lipinski definition) is 5. The number of rotatable bonds is 5. The van der Waals surface area contributed by atoms with Crippen molar-refractivity contribution in [1.29, 1.82) is 0 Å². The van der Waals surface area contributed by atoms with E-state index in [-0.39, 0.29) is 0 Å². The second kappa shape index (κ2) is 12.5. The molecule has 0 amide bonds. The largest absolute Gasteiger partial charge is 0.298 e. The molecule has 0 spiro atoms. The van der Waals surface area contributed by atoms with Gasteiger partial charge >= 0.3 is 0 Å². The number of benzene rings is 7. The van der Waals surface area contributed by atoms with Crippen LogP contribution < -0.4 is 0 Å². The molecule has 7 aromatic carbocycles. The van der Waals surface area contributed by atoms with Crippen LogP contribution in [0.4, 0.5) is 0 Å². The van der Waals surface area contributed by atoms with Gasteiger partial charge in [-0.15, -0.1) is 0 Å². The topological polar surface area (TPSA) is 68.9 Å². The SMILES string of the molecule is c1cc(-c2ccc(-c3nc4ccccc4c4nc5ccccn5c34)cc2)cc(-c2nc(-c3cccc4ccccc34)nc(-c3cccc4ccccc34)n2)c1. The maximum absolute atomic E-state index is 5.17. The Hall–Kier alpha value is -7.57. The van der Waals surface area contributed by atoms with E-state index in [9.17, 15) is 0 Å². The first kappa shape index (κ1) is 31.0. The Morgan fingerprint density at radius 1 is 0.364 bits per heavy atom. The number of aromatic nitrogens is 6. The summed E-state index contributed by atoms with van der Waals surface area (Å²) < 4.78 is 2.13. The molecule has 11 rings (SSSR count). The average molecular weight is 703 g/mol. The van der Waals surface area contributed by atoms with Gasteiger partial charge < -0.3 is 0 Å². The Labute approximate surface area is 316 Å². The highest BCUT2D eigenvalue weighted by Gasteiger charge is 2.18. The fraction of sp³-hybridized carbons (Fsp3) is 0. The summed E-state index contributed by atoms with van der Waals surface area (Å²) in [6.45, 7) is 0. The van der Waals surface area contributed by atoms with Crippen molar-refractivity contribution >= 4 is 49.1 Å². The predicted octanol–water partition coefficient (Wildman–Crippen LogP) is 11.9. The Morgan fingerprint density at radius 2 is 0.927 bits per heavy atom. The van der Waals surface area contributed by atoms with E-state index >= 15 is 0 Å². The fourth-order valence-corrected chi connectivity index (χ4v) is 7.80. The first-order valence-electron chi connectivity index (χ1n) is 18.3. The summed E-state index contributed by atoms with van der Waals surface area (Å²) in [4.78, 5) is 25.6. The van der Waals surface area contributed by atoms with Crippen LogP contribution in [-0.4, -0.2) is 29.3 Å². The quantitative estimate of drug-likeness (QED) is 0.179. The molecule has 6 heteroatoms. The molecule has 0 saturated carbocycles. The van der Waals surface area contributed by atoms with Crippen molar-refractivity contribution in [2.24, 2.45) is 0 Å². The molecule has 256 valence electrons. The van der Waals surface area contributed by atoms with Gasteiger partial charge in [0, 0.05) is 33.8 Å². The molecular weight excluding hydrogens is 673 g/mol. The van der Waals surface area contributed by atoms with Crippen LogP contribution in [0.5, 0.6) is 0 Å². The number of para-hydroxylation sites is 1. The van der Waals surface area contributed by atoms with E-state index in [1.54, 1.807) is 0 Å². The van der Waals surface area contributed by atoms with Gasteiger partial charge in [-0.1, -0.05) is 152 Å². The number of fused-ring (bicyclic) bond motifs is 7. The molecule has 6 nitrogen and oxygen atoms in total. The third kappa shape index (κ3) is 5.23. The highest BCUT2D eigenvalue weighted by molar-refractivity contribution is 6.09. The van der Waals surface area contributed by atoms with Gasteiger partial charge in [-0.3, -0.25) is 4.40 Å². The first-order valence-corrected chi connectivity index (χ1v) is 18.3. The summed E-state index contributed by atoms with van der Waals surface area (Å²) >= 11 is 0. The zero-order valence-corrected chi connectivity index (χ0v) is 29.5. The molecule has 55 heavy (non-hydrogen) atoms. The van der Waals surface area contributed by atoms with Crippen molar-refractivity contribution in [1.82, 2.24) is 29.3 Å². The Kier molecular flexibility index (Phi) is 7.07. The smallest absolute Gasteiger partial charge is 0.164 e. The normalized spacial score (nSPS) is 11.6. The second-order valence-corrected chi connectivity index (χ2v) is 13.7. The molecule has 0 fully saturated rings. The van der Waals surface area contributed by atoms with Crippen LogP contribution >= 0.6 is 0 Å². The van der Waals surface area contributed by atoms with Crippen LogP contribution in [0.3, 0.4) is 0 Å². The molecule has 4 heterocycles. The van der Waals surface area contributed by atoms with E-state index in [1.807, 2.05) is 30.3 Å². The molecular formula is C49H30N6. The molecule has 0 N–H and O–H groups in total. The molecule has 4 aromatic heterocycles. The Bertz CT molecular complexity index is 3170. The van der Waals surface area contributed by atoms with Crippen molar-refractivity contribution in [3.8, 4) is 56.5 Å². The van der Waals surface area contributed by atoms with Crippen molar-refractivity contribution in [3.63, 3.8) is 0 Å². The summed E-state index contributed by atoms with van der Waals surface area (Å²) in [5.74, 6) is 1.90. The zero-order chi connectivity index (χ0) is 36.3. The van der Waals surface area contributed by atoms with Gasteiger partial charge in [0.15, 0.2) is 17.5 Å². The van der Waals surface area contributed by atoms with Gasteiger partial charge in [-0.05, 0) is 56.9 Å². The number of imidazole rings is 1. The van der Waals surface area contributed by atoms with Gasteiger partial charge in [0.2, 0.25) is 0 Å². The molecule has 0 aliphatic heterocycles. The third-order valence-electron chi connectivity index (χ3n) is 10.5. The minimum absolute atomic E-state index is 0.620. The van der Waals surface area contributed by atoms with Gasteiger partial charge in [0.1, 0.15) is 11.2 Å². The third-order valence-corrected chi connectivity index (χ3v) is 10.5. The molecule has 0 bridgehead atoms. The van der Waals surface area contributed by atoms with Crippen LogP contribution in [0.1, 0.15) is 0 Å². The van der Waals surface area contributed by atoms with Crippen LogP contribution in [0.2, 0.25) is 0 Å². The van der Waals surface area contributed by atoms with Crippen LogP contribution in [0, 0.1) is 0 Å². The lowest BCUT2D eigenvalue weighted by Crippen LogP contribution is -2.01. The van der Waals surface area contributed by atoms with E-state index in [2.05, 4.69) is 156 Å². The van der Waals surface area contributed by atoms with Crippen molar-refractivity contribution < 1.29 is 0 Å². The maximum atomic E-state index is 5.17. The lowest BCUT2D eigenvalue weighted by atomic mass is 9.99. The number of pyridine rings is 2. The number of nitrogens with zero attached hydrogens (tertiary/aromatic N) is 6.